The van der Waals surface area contributed by atoms with Gasteiger partial charge in [0.1, 0.15) is 11.5 Å². The minimum atomic E-state index is -0.578. The van der Waals surface area contributed by atoms with Gasteiger partial charge in [0.25, 0.3) is 5.91 Å². The average molecular weight is 464 g/mol. The van der Waals surface area contributed by atoms with E-state index in [0.717, 1.165) is 16.7 Å². The highest BCUT2D eigenvalue weighted by Gasteiger charge is 2.33. The molecule has 0 aliphatic carbocycles. The van der Waals surface area contributed by atoms with Gasteiger partial charge in [0.05, 0.1) is 21.5 Å². The van der Waals surface area contributed by atoms with Gasteiger partial charge >= 0.3 is 0 Å². The van der Waals surface area contributed by atoms with Crippen LogP contribution in [0.1, 0.15) is 5.56 Å². The first-order valence-corrected chi connectivity index (χ1v) is 10.5. The molecule has 2 amide bonds. The number of amidine groups is 1. The van der Waals surface area contributed by atoms with Crippen LogP contribution in [0, 0.1) is 5.82 Å². The summed E-state index contributed by atoms with van der Waals surface area (Å²) in [4.78, 5) is 30.5. The van der Waals surface area contributed by atoms with E-state index in [1.54, 1.807) is 30.3 Å². The maximum atomic E-state index is 14.4. The topological polar surface area (TPSA) is 61.8 Å². The van der Waals surface area contributed by atoms with Gasteiger partial charge in [-0.15, -0.1) is 6.58 Å². The van der Waals surface area contributed by atoms with E-state index in [4.69, 9.17) is 23.2 Å². The van der Waals surface area contributed by atoms with Crippen molar-refractivity contribution in [2.24, 2.45) is 4.99 Å². The van der Waals surface area contributed by atoms with Crippen molar-refractivity contribution in [3.8, 4) is 0 Å². The number of thioether (sulfide) groups is 1. The van der Waals surface area contributed by atoms with Gasteiger partial charge in [-0.1, -0.05) is 59.2 Å². The fourth-order valence-electron chi connectivity index (χ4n) is 2.57. The van der Waals surface area contributed by atoms with E-state index < -0.39 is 11.7 Å². The molecule has 0 fully saturated rings. The first-order valence-electron chi connectivity index (χ1n) is 8.75. The molecule has 0 aromatic heterocycles. The highest BCUT2D eigenvalue weighted by molar-refractivity contribution is 8.14. The number of nitrogens with one attached hydrogen (secondary N) is 1. The Morgan fingerprint density at radius 2 is 2.00 bits per heavy atom. The van der Waals surface area contributed by atoms with Crippen molar-refractivity contribution in [3.05, 3.63) is 82.2 Å². The number of amides is 2. The molecule has 1 N–H and O–H groups in total. The summed E-state index contributed by atoms with van der Waals surface area (Å²) in [6.45, 7) is 3.86. The van der Waals surface area contributed by atoms with Crippen molar-refractivity contribution >= 4 is 63.7 Å². The number of para-hydroxylation sites is 1. The summed E-state index contributed by atoms with van der Waals surface area (Å²) >= 11 is 13.0. The molecule has 0 unspecified atom stereocenters. The van der Waals surface area contributed by atoms with Gasteiger partial charge in [0, 0.05) is 6.54 Å². The highest BCUT2D eigenvalue weighted by Crippen LogP contribution is 2.31. The Balaban J connectivity index is 1.93. The fourth-order valence-corrected chi connectivity index (χ4v) is 3.71. The summed E-state index contributed by atoms with van der Waals surface area (Å²) in [6, 6.07) is 10.8. The molecule has 9 heteroatoms. The van der Waals surface area contributed by atoms with Crippen molar-refractivity contribution in [1.82, 2.24) is 5.32 Å². The number of nitrogens with zero attached hydrogens (tertiary/aromatic N) is 2. The first-order chi connectivity index (χ1) is 14.4. The third kappa shape index (κ3) is 5.11. The summed E-state index contributed by atoms with van der Waals surface area (Å²) in [5.41, 5.74) is 0.753. The van der Waals surface area contributed by atoms with Crippen LogP contribution in [0.5, 0.6) is 0 Å². The summed E-state index contributed by atoms with van der Waals surface area (Å²) in [5, 5.41) is 3.56. The van der Waals surface area contributed by atoms with Gasteiger partial charge in [-0.3, -0.25) is 14.5 Å². The molecule has 1 heterocycles. The molecular weight excluding hydrogens is 448 g/mol. The average Bonchev–Trinajstić information content (AvgIpc) is 3.03. The normalized spacial score (nSPS) is 14.8. The Hall–Kier alpha value is -2.61. The molecule has 3 rings (SSSR count). The molecule has 0 atom stereocenters. The fraction of sp³-hybridized carbons (Fsp3) is 0.0952. The Morgan fingerprint density at radius 1 is 1.23 bits per heavy atom. The number of aliphatic imine (C=N–C) groups is 1. The van der Waals surface area contributed by atoms with Gasteiger partial charge in [-0.2, -0.15) is 0 Å². The quantitative estimate of drug-likeness (QED) is 0.488. The lowest BCUT2D eigenvalue weighted by Crippen LogP contribution is -2.33. The van der Waals surface area contributed by atoms with E-state index in [9.17, 15) is 14.0 Å². The highest BCUT2D eigenvalue weighted by atomic mass is 35.5. The molecule has 0 saturated carbocycles. The Morgan fingerprint density at radius 3 is 2.70 bits per heavy atom. The van der Waals surface area contributed by atoms with E-state index in [2.05, 4.69) is 16.9 Å². The second kappa shape index (κ2) is 9.93. The van der Waals surface area contributed by atoms with Crippen molar-refractivity contribution in [1.29, 1.82) is 0 Å². The smallest absolute Gasteiger partial charge is 0.283 e. The number of benzene rings is 2. The minimum Gasteiger partial charge on any atom is -0.352 e. The number of anilines is 1. The molecule has 2 aromatic carbocycles. The van der Waals surface area contributed by atoms with E-state index in [1.165, 1.54) is 24.3 Å². The lowest BCUT2D eigenvalue weighted by molar-refractivity contribution is -0.118. The Kier molecular flexibility index (Phi) is 7.31. The zero-order chi connectivity index (χ0) is 21.7. The second-order valence-corrected chi connectivity index (χ2v) is 7.83. The van der Waals surface area contributed by atoms with Crippen molar-refractivity contribution in [2.45, 2.75) is 0 Å². The molecule has 0 radical (unpaired) electrons. The number of carbonyl (C=O) groups is 2. The largest absolute Gasteiger partial charge is 0.352 e. The lowest BCUT2D eigenvalue weighted by atomic mass is 10.2. The van der Waals surface area contributed by atoms with E-state index >= 15 is 0 Å². The molecule has 30 heavy (non-hydrogen) atoms. The molecule has 0 spiro atoms. The third-order valence-corrected chi connectivity index (χ3v) is 5.62. The predicted molar refractivity (Wildman–Crippen MR) is 121 cm³/mol. The Bertz CT molecular complexity index is 1070. The number of carbonyl (C=O) groups excluding carboxylic acids is 2. The van der Waals surface area contributed by atoms with Gasteiger partial charge in [0.15, 0.2) is 5.17 Å². The van der Waals surface area contributed by atoms with Crippen molar-refractivity contribution in [2.75, 3.05) is 17.2 Å². The summed E-state index contributed by atoms with van der Waals surface area (Å²) in [5.74, 6) is -1.35. The van der Waals surface area contributed by atoms with Crippen LogP contribution in [-0.4, -0.2) is 29.3 Å². The van der Waals surface area contributed by atoms with Crippen LogP contribution in [0.3, 0.4) is 0 Å². The molecule has 0 saturated heterocycles. The van der Waals surface area contributed by atoms with Crippen molar-refractivity contribution < 1.29 is 14.0 Å². The molecule has 1 aliphatic heterocycles. The van der Waals surface area contributed by atoms with Crippen LogP contribution < -0.4 is 10.2 Å². The summed E-state index contributed by atoms with van der Waals surface area (Å²) in [6.07, 6.45) is 3.09. The molecular formula is C21H16Cl2FN3O2S. The summed E-state index contributed by atoms with van der Waals surface area (Å²) < 4.78 is 14.4. The van der Waals surface area contributed by atoms with Gasteiger partial charge < -0.3 is 5.32 Å². The second-order valence-electron chi connectivity index (χ2n) is 6.07. The predicted octanol–water partition coefficient (Wildman–Crippen LogP) is 4.91. The number of halogens is 3. The maximum Gasteiger partial charge on any atom is 0.283 e. The van der Waals surface area contributed by atoms with E-state index in [1.807, 2.05) is 0 Å². The van der Waals surface area contributed by atoms with E-state index in [0.29, 0.717) is 22.2 Å². The molecule has 1 aliphatic rings. The van der Waals surface area contributed by atoms with Crippen molar-refractivity contribution in [3.63, 3.8) is 0 Å². The lowest BCUT2D eigenvalue weighted by Gasteiger charge is -2.18. The third-order valence-electron chi connectivity index (χ3n) is 3.95. The standard InChI is InChI=1S/C21H16Cl2FN3O2S/c1-2-9-25-19(28)12-30-21-26-17(11-13-7-8-14(22)15(23)10-13)20(29)27(21)18-6-4-3-5-16(18)24/h2-8,10-11H,1,9,12H2,(H,25,28). The summed E-state index contributed by atoms with van der Waals surface area (Å²) in [7, 11) is 0. The first kappa shape index (κ1) is 22.1. The zero-order valence-corrected chi connectivity index (χ0v) is 17.9. The van der Waals surface area contributed by atoms with Crippen LogP contribution in [0.15, 0.2) is 65.8 Å². The number of hydrogen-bond donors (Lipinski definition) is 1. The van der Waals surface area contributed by atoms with Gasteiger partial charge in [0.2, 0.25) is 5.91 Å². The molecule has 5 nitrogen and oxygen atoms in total. The minimum absolute atomic E-state index is 0.00492. The monoisotopic (exact) mass is 463 g/mol. The van der Waals surface area contributed by atoms with Crippen LogP contribution in [0.25, 0.3) is 6.08 Å². The molecule has 2 aromatic rings. The Labute approximate surface area is 187 Å². The number of hydrogen-bond acceptors (Lipinski definition) is 4. The van der Waals surface area contributed by atoms with E-state index in [-0.39, 0.29) is 28.2 Å². The van der Waals surface area contributed by atoms with Gasteiger partial charge in [-0.05, 0) is 35.9 Å². The molecule has 0 bridgehead atoms. The van der Waals surface area contributed by atoms with Crippen LogP contribution in [-0.2, 0) is 9.59 Å². The van der Waals surface area contributed by atoms with Crippen LogP contribution >= 0.6 is 35.0 Å². The van der Waals surface area contributed by atoms with Crippen LogP contribution in [0.2, 0.25) is 10.0 Å². The molecule has 154 valence electrons. The number of rotatable bonds is 6. The zero-order valence-electron chi connectivity index (χ0n) is 15.6. The van der Waals surface area contributed by atoms with Gasteiger partial charge in [-0.25, -0.2) is 9.38 Å². The van der Waals surface area contributed by atoms with Crippen LogP contribution in [0.4, 0.5) is 10.1 Å². The maximum absolute atomic E-state index is 14.4. The SMILES string of the molecule is C=CCNC(=O)CSC1=NC(=Cc2ccc(Cl)c(Cl)c2)C(=O)N1c1ccccc1F.